The minimum absolute atomic E-state index is 0.480. The SMILES string of the molecule is CCC(Sc1nc(C)ns1)c1ccccc1. The van der Waals surface area contributed by atoms with E-state index in [4.69, 9.17) is 0 Å². The van der Waals surface area contributed by atoms with E-state index in [0.29, 0.717) is 5.25 Å². The fourth-order valence-electron chi connectivity index (χ4n) is 1.50. The molecule has 1 aromatic carbocycles. The van der Waals surface area contributed by atoms with Crippen LogP contribution >= 0.6 is 23.3 Å². The number of aryl methyl sites for hydroxylation is 1. The van der Waals surface area contributed by atoms with Crippen molar-refractivity contribution in [3.8, 4) is 0 Å². The lowest BCUT2D eigenvalue weighted by Crippen LogP contribution is -1.91. The van der Waals surface area contributed by atoms with Gasteiger partial charge in [-0.3, -0.25) is 0 Å². The molecular formula is C12H14N2S2. The molecule has 0 aliphatic heterocycles. The Morgan fingerprint density at radius 1 is 1.31 bits per heavy atom. The summed E-state index contributed by atoms with van der Waals surface area (Å²) in [6.07, 6.45) is 1.10. The van der Waals surface area contributed by atoms with Crippen molar-refractivity contribution in [3.05, 3.63) is 41.7 Å². The molecule has 1 heterocycles. The van der Waals surface area contributed by atoms with Gasteiger partial charge in [-0.15, -0.1) is 0 Å². The Morgan fingerprint density at radius 2 is 2.06 bits per heavy atom. The van der Waals surface area contributed by atoms with Gasteiger partial charge in [0.15, 0.2) is 4.34 Å². The average Bonchev–Trinajstić information content (AvgIpc) is 2.73. The molecule has 2 aromatic rings. The van der Waals surface area contributed by atoms with E-state index in [2.05, 4.69) is 46.6 Å². The van der Waals surface area contributed by atoms with Gasteiger partial charge in [0.25, 0.3) is 0 Å². The lowest BCUT2D eigenvalue weighted by atomic mass is 10.1. The zero-order valence-electron chi connectivity index (χ0n) is 9.38. The Hall–Kier alpha value is -0.870. The summed E-state index contributed by atoms with van der Waals surface area (Å²) in [5.74, 6) is 0.871. The van der Waals surface area contributed by atoms with E-state index in [1.54, 1.807) is 0 Å². The van der Waals surface area contributed by atoms with E-state index in [1.165, 1.54) is 17.1 Å². The molecule has 1 atom stereocenters. The highest BCUT2D eigenvalue weighted by Gasteiger charge is 2.13. The average molecular weight is 250 g/mol. The molecule has 4 heteroatoms. The lowest BCUT2D eigenvalue weighted by Gasteiger charge is -2.12. The van der Waals surface area contributed by atoms with E-state index >= 15 is 0 Å². The smallest absolute Gasteiger partial charge is 0.170 e. The summed E-state index contributed by atoms with van der Waals surface area (Å²) in [5, 5.41) is 0.480. The Balaban J connectivity index is 2.12. The van der Waals surface area contributed by atoms with E-state index < -0.39 is 0 Å². The minimum Gasteiger partial charge on any atom is -0.213 e. The zero-order chi connectivity index (χ0) is 11.4. The number of thioether (sulfide) groups is 1. The van der Waals surface area contributed by atoms with Crippen molar-refractivity contribution in [2.45, 2.75) is 29.9 Å². The molecule has 2 rings (SSSR count). The molecule has 16 heavy (non-hydrogen) atoms. The standard InChI is InChI=1S/C12H14N2S2/c1-3-11(10-7-5-4-6-8-10)15-12-13-9(2)14-16-12/h4-8,11H,3H2,1-2H3. The largest absolute Gasteiger partial charge is 0.213 e. The van der Waals surface area contributed by atoms with Crippen molar-refractivity contribution in [2.75, 3.05) is 0 Å². The highest BCUT2D eigenvalue weighted by molar-refractivity contribution is 8.01. The molecular weight excluding hydrogens is 236 g/mol. The highest BCUT2D eigenvalue weighted by Crippen LogP contribution is 2.37. The molecule has 0 saturated heterocycles. The summed E-state index contributed by atoms with van der Waals surface area (Å²) in [5.41, 5.74) is 1.36. The van der Waals surface area contributed by atoms with Crippen molar-refractivity contribution in [2.24, 2.45) is 0 Å². The van der Waals surface area contributed by atoms with Gasteiger partial charge in [0, 0.05) is 5.25 Å². The summed E-state index contributed by atoms with van der Waals surface area (Å²) in [4.78, 5) is 4.39. The first-order valence-corrected chi connectivity index (χ1v) is 6.97. The second-order valence-electron chi connectivity index (χ2n) is 3.53. The lowest BCUT2D eigenvalue weighted by molar-refractivity contribution is 0.893. The summed E-state index contributed by atoms with van der Waals surface area (Å²) >= 11 is 3.30. The first-order valence-electron chi connectivity index (χ1n) is 5.31. The molecule has 0 saturated carbocycles. The number of nitrogens with zero attached hydrogens (tertiary/aromatic N) is 2. The molecule has 0 aliphatic rings. The van der Waals surface area contributed by atoms with E-state index in [9.17, 15) is 0 Å². The topological polar surface area (TPSA) is 25.8 Å². The van der Waals surface area contributed by atoms with Crippen LogP contribution in [0.1, 0.15) is 30.0 Å². The van der Waals surface area contributed by atoms with Crippen LogP contribution in [0, 0.1) is 6.92 Å². The van der Waals surface area contributed by atoms with Crippen LogP contribution < -0.4 is 0 Å². The van der Waals surface area contributed by atoms with Crippen LogP contribution in [0.5, 0.6) is 0 Å². The molecule has 1 unspecified atom stereocenters. The van der Waals surface area contributed by atoms with E-state index in [0.717, 1.165) is 16.6 Å². The Bertz CT molecular complexity index is 439. The van der Waals surface area contributed by atoms with Crippen molar-refractivity contribution < 1.29 is 0 Å². The Labute approximate surface area is 104 Å². The van der Waals surface area contributed by atoms with Crippen LogP contribution in [-0.2, 0) is 0 Å². The second kappa shape index (κ2) is 5.46. The number of hydrogen-bond acceptors (Lipinski definition) is 4. The predicted molar refractivity (Wildman–Crippen MR) is 70.0 cm³/mol. The number of aromatic nitrogens is 2. The Morgan fingerprint density at radius 3 is 2.62 bits per heavy atom. The fourth-order valence-corrected chi connectivity index (χ4v) is 3.45. The molecule has 0 bridgehead atoms. The van der Waals surface area contributed by atoms with E-state index in [-0.39, 0.29) is 0 Å². The maximum Gasteiger partial charge on any atom is 0.170 e. The summed E-state index contributed by atoms with van der Waals surface area (Å²) in [6, 6.07) is 10.6. The number of hydrogen-bond donors (Lipinski definition) is 0. The molecule has 0 N–H and O–H groups in total. The molecule has 2 nitrogen and oxygen atoms in total. The van der Waals surface area contributed by atoms with Gasteiger partial charge in [0.1, 0.15) is 5.82 Å². The first kappa shape index (κ1) is 11.6. The van der Waals surface area contributed by atoms with Gasteiger partial charge in [-0.1, -0.05) is 49.0 Å². The molecule has 1 aromatic heterocycles. The van der Waals surface area contributed by atoms with Crippen molar-refractivity contribution in [3.63, 3.8) is 0 Å². The van der Waals surface area contributed by atoms with E-state index in [1.807, 2.05) is 18.7 Å². The van der Waals surface area contributed by atoms with Crippen LogP contribution in [0.15, 0.2) is 34.7 Å². The Kier molecular flexibility index (Phi) is 3.96. The fraction of sp³-hybridized carbons (Fsp3) is 0.333. The maximum absolute atomic E-state index is 4.39. The van der Waals surface area contributed by atoms with Gasteiger partial charge < -0.3 is 0 Å². The van der Waals surface area contributed by atoms with Crippen LogP contribution in [0.4, 0.5) is 0 Å². The minimum atomic E-state index is 0.480. The molecule has 84 valence electrons. The van der Waals surface area contributed by atoms with Gasteiger partial charge in [0.05, 0.1) is 0 Å². The van der Waals surface area contributed by atoms with Gasteiger partial charge in [-0.2, -0.15) is 4.37 Å². The van der Waals surface area contributed by atoms with Gasteiger partial charge >= 0.3 is 0 Å². The zero-order valence-corrected chi connectivity index (χ0v) is 11.0. The van der Waals surface area contributed by atoms with Crippen LogP contribution in [-0.4, -0.2) is 9.36 Å². The number of rotatable bonds is 4. The third kappa shape index (κ3) is 2.83. The van der Waals surface area contributed by atoms with Crippen molar-refractivity contribution >= 4 is 23.3 Å². The quantitative estimate of drug-likeness (QED) is 0.764. The van der Waals surface area contributed by atoms with Crippen molar-refractivity contribution in [1.82, 2.24) is 9.36 Å². The molecule has 0 aliphatic carbocycles. The van der Waals surface area contributed by atoms with Gasteiger partial charge in [-0.05, 0) is 30.4 Å². The molecule has 0 fully saturated rings. The molecule has 0 spiro atoms. The maximum atomic E-state index is 4.39. The third-order valence-corrected chi connectivity index (χ3v) is 4.59. The van der Waals surface area contributed by atoms with Gasteiger partial charge in [0.2, 0.25) is 0 Å². The van der Waals surface area contributed by atoms with Crippen LogP contribution in [0.25, 0.3) is 0 Å². The monoisotopic (exact) mass is 250 g/mol. The summed E-state index contributed by atoms with van der Waals surface area (Å²) < 4.78 is 5.27. The van der Waals surface area contributed by atoms with Gasteiger partial charge in [-0.25, -0.2) is 4.98 Å². The summed E-state index contributed by atoms with van der Waals surface area (Å²) in [7, 11) is 0. The van der Waals surface area contributed by atoms with Crippen molar-refractivity contribution in [1.29, 1.82) is 0 Å². The first-order chi connectivity index (χ1) is 7.79. The third-order valence-electron chi connectivity index (χ3n) is 2.29. The normalized spacial score (nSPS) is 12.6. The van der Waals surface area contributed by atoms with Crippen LogP contribution in [0.3, 0.4) is 0 Å². The molecule has 0 radical (unpaired) electrons. The number of benzene rings is 1. The second-order valence-corrected chi connectivity index (χ2v) is 5.73. The predicted octanol–water partition coefficient (Wildman–Crippen LogP) is 4.09. The summed E-state index contributed by atoms with van der Waals surface area (Å²) in [6.45, 7) is 4.14. The van der Waals surface area contributed by atoms with Crippen LogP contribution in [0.2, 0.25) is 0 Å². The molecule has 0 amide bonds. The highest BCUT2D eigenvalue weighted by atomic mass is 32.2.